The molecule has 0 bridgehead atoms. The fourth-order valence-electron chi connectivity index (χ4n) is 2.67. The zero-order chi connectivity index (χ0) is 15.0. The fraction of sp³-hybridized carbons (Fsp3) is 0.444. The standard InChI is InChI=1S/C18H23NO2S/c1-4-16(5-2-8-19-9-11-20-12-10-19)14-17(6-1)21-15-18-7-3-13-22-18/h1,3-4,6-7,13-14H,2,5,8-12,15H2. The molecule has 0 amide bonds. The van der Waals surface area contributed by atoms with Gasteiger partial charge in [0.25, 0.3) is 0 Å². The lowest BCUT2D eigenvalue weighted by molar-refractivity contribution is 0.0374. The zero-order valence-corrected chi connectivity index (χ0v) is 13.7. The number of hydrogen-bond donors (Lipinski definition) is 0. The summed E-state index contributed by atoms with van der Waals surface area (Å²) in [5, 5.41) is 2.08. The van der Waals surface area contributed by atoms with Crippen molar-refractivity contribution in [1.82, 2.24) is 4.90 Å². The summed E-state index contributed by atoms with van der Waals surface area (Å²) < 4.78 is 11.3. The van der Waals surface area contributed by atoms with E-state index in [4.69, 9.17) is 9.47 Å². The lowest BCUT2D eigenvalue weighted by Crippen LogP contribution is -2.36. The van der Waals surface area contributed by atoms with E-state index in [0.717, 1.165) is 45.0 Å². The van der Waals surface area contributed by atoms with Crippen LogP contribution in [0.5, 0.6) is 5.75 Å². The van der Waals surface area contributed by atoms with E-state index >= 15 is 0 Å². The SMILES string of the molecule is c1cc(CCCN2CCOCC2)cc(OCc2cccs2)c1. The van der Waals surface area contributed by atoms with Crippen LogP contribution in [-0.4, -0.2) is 37.7 Å². The van der Waals surface area contributed by atoms with E-state index in [9.17, 15) is 0 Å². The number of nitrogens with zero attached hydrogens (tertiary/aromatic N) is 1. The van der Waals surface area contributed by atoms with Crippen LogP contribution in [0.2, 0.25) is 0 Å². The maximum Gasteiger partial charge on any atom is 0.122 e. The van der Waals surface area contributed by atoms with Gasteiger partial charge in [-0.2, -0.15) is 0 Å². The van der Waals surface area contributed by atoms with Gasteiger partial charge >= 0.3 is 0 Å². The van der Waals surface area contributed by atoms with Gasteiger partial charge < -0.3 is 9.47 Å². The van der Waals surface area contributed by atoms with E-state index in [-0.39, 0.29) is 0 Å². The normalized spacial score (nSPS) is 15.8. The minimum absolute atomic E-state index is 0.662. The van der Waals surface area contributed by atoms with Crippen LogP contribution in [0, 0.1) is 0 Å². The van der Waals surface area contributed by atoms with E-state index < -0.39 is 0 Å². The van der Waals surface area contributed by atoms with Crippen molar-refractivity contribution in [3.8, 4) is 5.75 Å². The second kappa shape index (κ2) is 8.32. The lowest BCUT2D eigenvalue weighted by atomic mass is 10.1. The number of morpholine rings is 1. The number of benzene rings is 1. The molecule has 0 spiro atoms. The van der Waals surface area contributed by atoms with E-state index in [0.29, 0.717) is 6.61 Å². The monoisotopic (exact) mass is 317 g/mol. The van der Waals surface area contributed by atoms with Gasteiger partial charge in [0, 0.05) is 18.0 Å². The summed E-state index contributed by atoms with van der Waals surface area (Å²) in [5.74, 6) is 0.970. The predicted octanol–water partition coefficient (Wildman–Crippen LogP) is 3.59. The molecule has 1 saturated heterocycles. The molecule has 0 saturated carbocycles. The van der Waals surface area contributed by atoms with Gasteiger partial charge in [-0.05, 0) is 48.5 Å². The first-order valence-corrected chi connectivity index (χ1v) is 8.82. The molecule has 1 fully saturated rings. The quantitative estimate of drug-likeness (QED) is 0.779. The Labute approximate surface area is 136 Å². The average Bonchev–Trinajstić information content (AvgIpc) is 3.08. The van der Waals surface area contributed by atoms with Crippen LogP contribution in [0.1, 0.15) is 16.9 Å². The maximum absolute atomic E-state index is 5.87. The molecular weight excluding hydrogens is 294 g/mol. The molecule has 2 aromatic rings. The summed E-state index contributed by atoms with van der Waals surface area (Å²) in [4.78, 5) is 3.75. The molecular formula is C18H23NO2S. The van der Waals surface area contributed by atoms with Gasteiger partial charge in [0.05, 0.1) is 13.2 Å². The van der Waals surface area contributed by atoms with Crippen molar-refractivity contribution in [3.05, 3.63) is 52.2 Å². The first-order valence-electron chi connectivity index (χ1n) is 7.94. The Hall–Kier alpha value is -1.36. The molecule has 3 nitrogen and oxygen atoms in total. The molecule has 4 heteroatoms. The van der Waals surface area contributed by atoms with Crippen LogP contribution in [0.4, 0.5) is 0 Å². The third kappa shape index (κ3) is 4.83. The van der Waals surface area contributed by atoms with Gasteiger partial charge in [-0.3, -0.25) is 4.90 Å². The Morgan fingerprint density at radius 1 is 1.14 bits per heavy atom. The van der Waals surface area contributed by atoms with Gasteiger partial charge in [-0.15, -0.1) is 11.3 Å². The Balaban J connectivity index is 1.44. The summed E-state index contributed by atoms with van der Waals surface area (Å²) in [6.45, 7) is 5.73. The second-order valence-corrected chi connectivity index (χ2v) is 6.61. The van der Waals surface area contributed by atoms with E-state index in [1.807, 2.05) is 6.07 Å². The van der Waals surface area contributed by atoms with Crippen molar-refractivity contribution in [3.63, 3.8) is 0 Å². The summed E-state index contributed by atoms with van der Waals surface area (Å²) in [5.41, 5.74) is 1.36. The van der Waals surface area contributed by atoms with Crippen LogP contribution >= 0.6 is 11.3 Å². The van der Waals surface area contributed by atoms with Crippen LogP contribution in [0.25, 0.3) is 0 Å². The van der Waals surface area contributed by atoms with Crippen molar-refractivity contribution in [2.75, 3.05) is 32.8 Å². The molecule has 22 heavy (non-hydrogen) atoms. The molecule has 1 aromatic carbocycles. The molecule has 3 rings (SSSR count). The van der Waals surface area contributed by atoms with Gasteiger partial charge in [-0.25, -0.2) is 0 Å². The van der Waals surface area contributed by atoms with Crippen molar-refractivity contribution >= 4 is 11.3 Å². The third-order valence-corrected chi connectivity index (χ3v) is 4.75. The maximum atomic E-state index is 5.87. The lowest BCUT2D eigenvalue weighted by Gasteiger charge is -2.26. The van der Waals surface area contributed by atoms with Gasteiger partial charge in [0.1, 0.15) is 12.4 Å². The van der Waals surface area contributed by atoms with Crippen LogP contribution in [-0.2, 0) is 17.8 Å². The Bertz CT molecular complexity index is 550. The zero-order valence-electron chi connectivity index (χ0n) is 12.9. The largest absolute Gasteiger partial charge is 0.488 e. The van der Waals surface area contributed by atoms with Gasteiger partial charge in [0.2, 0.25) is 0 Å². The van der Waals surface area contributed by atoms with Gasteiger partial charge in [0.15, 0.2) is 0 Å². The number of rotatable bonds is 7. The second-order valence-electron chi connectivity index (χ2n) is 5.57. The van der Waals surface area contributed by atoms with Crippen molar-refractivity contribution in [2.45, 2.75) is 19.4 Å². The van der Waals surface area contributed by atoms with Crippen LogP contribution in [0.15, 0.2) is 41.8 Å². The third-order valence-electron chi connectivity index (χ3n) is 3.90. The van der Waals surface area contributed by atoms with Crippen LogP contribution in [0.3, 0.4) is 0 Å². The molecule has 0 atom stereocenters. The molecule has 0 aliphatic carbocycles. The molecule has 1 aliphatic heterocycles. The summed E-state index contributed by atoms with van der Waals surface area (Å²) >= 11 is 1.74. The molecule has 0 unspecified atom stereocenters. The average molecular weight is 317 g/mol. The Morgan fingerprint density at radius 2 is 2.05 bits per heavy atom. The smallest absolute Gasteiger partial charge is 0.122 e. The molecule has 118 valence electrons. The van der Waals surface area contributed by atoms with E-state index in [2.05, 4.69) is 40.6 Å². The van der Waals surface area contributed by atoms with E-state index in [1.54, 1.807) is 11.3 Å². The predicted molar refractivity (Wildman–Crippen MR) is 90.7 cm³/mol. The van der Waals surface area contributed by atoms with Crippen molar-refractivity contribution < 1.29 is 9.47 Å². The first kappa shape index (κ1) is 15.5. The summed E-state index contributed by atoms with van der Waals surface area (Å²) in [6, 6.07) is 12.7. The first-order chi connectivity index (χ1) is 10.9. The number of aryl methyl sites for hydroxylation is 1. The van der Waals surface area contributed by atoms with E-state index in [1.165, 1.54) is 16.9 Å². The topological polar surface area (TPSA) is 21.7 Å². The minimum atomic E-state index is 0.662. The molecule has 0 N–H and O–H groups in total. The Morgan fingerprint density at radius 3 is 2.86 bits per heavy atom. The number of thiophene rings is 1. The minimum Gasteiger partial charge on any atom is -0.488 e. The molecule has 1 aromatic heterocycles. The molecule has 1 aliphatic rings. The highest BCUT2D eigenvalue weighted by Crippen LogP contribution is 2.18. The number of hydrogen-bond acceptors (Lipinski definition) is 4. The molecule has 0 radical (unpaired) electrons. The number of ether oxygens (including phenoxy) is 2. The summed E-state index contributed by atoms with van der Waals surface area (Å²) in [7, 11) is 0. The highest BCUT2D eigenvalue weighted by Gasteiger charge is 2.09. The highest BCUT2D eigenvalue weighted by molar-refractivity contribution is 7.09. The fourth-order valence-corrected chi connectivity index (χ4v) is 3.29. The summed E-state index contributed by atoms with van der Waals surface area (Å²) in [6.07, 6.45) is 2.29. The Kier molecular flexibility index (Phi) is 5.87. The van der Waals surface area contributed by atoms with Gasteiger partial charge in [-0.1, -0.05) is 18.2 Å². The van der Waals surface area contributed by atoms with Crippen molar-refractivity contribution in [2.24, 2.45) is 0 Å². The van der Waals surface area contributed by atoms with Crippen molar-refractivity contribution in [1.29, 1.82) is 0 Å². The van der Waals surface area contributed by atoms with Crippen LogP contribution < -0.4 is 4.74 Å². The molecule has 2 heterocycles. The highest BCUT2D eigenvalue weighted by atomic mass is 32.1.